The number of benzene rings is 3. The molecule has 0 unspecified atom stereocenters. The Kier molecular flexibility index (Phi) is 15.2. The van der Waals surface area contributed by atoms with Gasteiger partial charge in [0.2, 0.25) is 5.91 Å². The highest BCUT2D eigenvalue weighted by atomic mass is 35.5. The third kappa shape index (κ3) is 11.5. The van der Waals surface area contributed by atoms with Gasteiger partial charge in [-0.2, -0.15) is 0 Å². The van der Waals surface area contributed by atoms with Crippen LogP contribution >= 0.6 is 34.5 Å². The van der Waals surface area contributed by atoms with Crippen molar-refractivity contribution in [3.63, 3.8) is 0 Å². The van der Waals surface area contributed by atoms with Gasteiger partial charge in [-0.25, -0.2) is 4.79 Å². The number of rotatable bonds is 19. The number of aromatic amines is 1. The van der Waals surface area contributed by atoms with Crippen molar-refractivity contribution in [2.45, 2.75) is 39.7 Å². The minimum atomic E-state index is -0.501. The Morgan fingerprint density at radius 1 is 0.837 bits per heavy atom. The third-order valence-corrected chi connectivity index (χ3v) is 10.0. The van der Waals surface area contributed by atoms with Crippen molar-refractivity contribution in [1.29, 1.82) is 0 Å². The maximum absolute atomic E-state index is 13.5. The molecule has 3 aromatic carbocycles. The molecule has 4 rings (SSSR count). The number of thiazole rings is 1. The van der Waals surface area contributed by atoms with E-state index in [1.165, 1.54) is 6.07 Å². The van der Waals surface area contributed by atoms with Gasteiger partial charge in [0.05, 0.1) is 24.3 Å². The minimum absolute atomic E-state index is 0.00442. The quantitative estimate of drug-likeness (QED) is 0.105. The molecule has 4 aromatic rings. The maximum atomic E-state index is 13.5. The molecule has 0 fully saturated rings. The molecule has 10 nitrogen and oxygen atoms in total. The van der Waals surface area contributed by atoms with E-state index in [0.29, 0.717) is 59.3 Å². The zero-order valence-corrected chi connectivity index (χ0v) is 30.3. The van der Waals surface area contributed by atoms with Gasteiger partial charge >= 0.3 is 11.0 Å². The predicted molar refractivity (Wildman–Crippen MR) is 196 cm³/mol. The van der Waals surface area contributed by atoms with Gasteiger partial charge in [-0.05, 0) is 60.8 Å². The average Bonchev–Trinajstić information content (AvgIpc) is 3.51. The molecule has 49 heavy (non-hydrogen) atoms. The van der Waals surface area contributed by atoms with Crippen molar-refractivity contribution in [2.75, 3.05) is 59.0 Å². The minimum Gasteiger partial charge on any atom is -0.506 e. The number of nitrogens with zero attached hydrogens (tertiary/aromatic N) is 3. The Morgan fingerprint density at radius 3 is 2.24 bits per heavy atom. The molecule has 0 saturated carbocycles. The van der Waals surface area contributed by atoms with E-state index >= 15 is 0 Å². The monoisotopic (exact) mass is 730 g/mol. The number of ether oxygens (including phenoxy) is 2. The summed E-state index contributed by atoms with van der Waals surface area (Å²) in [4.78, 5) is 47.1. The van der Waals surface area contributed by atoms with E-state index in [9.17, 15) is 19.5 Å². The molecule has 0 bridgehead atoms. The van der Waals surface area contributed by atoms with Crippen molar-refractivity contribution < 1.29 is 24.2 Å². The number of fused-ring (bicyclic) bond motifs is 1. The Bertz CT molecular complexity index is 1690. The van der Waals surface area contributed by atoms with Crippen LogP contribution in [0.15, 0.2) is 65.5 Å². The third-order valence-electron chi connectivity index (χ3n) is 8.34. The highest BCUT2D eigenvalue weighted by Crippen LogP contribution is 2.28. The Morgan fingerprint density at radius 2 is 1.53 bits per heavy atom. The van der Waals surface area contributed by atoms with Crippen LogP contribution in [-0.4, -0.2) is 95.8 Å². The van der Waals surface area contributed by atoms with Gasteiger partial charge in [-0.15, -0.1) is 0 Å². The summed E-state index contributed by atoms with van der Waals surface area (Å²) in [5.41, 5.74) is 2.88. The highest BCUT2D eigenvalue weighted by Gasteiger charge is 2.21. The number of amides is 2. The van der Waals surface area contributed by atoms with E-state index in [-0.39, 0.29) is 49.3 Å². The van der Waals surface area contributed by atoms with Crippen molar-refractivity contribution >= 4 is 56.8 Å². The first-order valence-electron chi connectivity index (χ1n) is 16.5. The number of carbonyl (C=O) groups excluding carboxylic acids is 2. The summed E-state index contributed by atoms with van der Waals surface area (Å²) in [6.07, 6.45) is 0.636. The molecule has 0 spiro atoms. The molecule has 2 N–H and O–H groups in total. The number of H-pyrrole nitrogens is 1. The van der Waals surface area contributed by atoms with E-state index < -0.39 is 6.09 Å². The lowest BCUT2D eigenvalue weighted by Gasteiger charge is -2.29. The maximum Gasteiger partial charge on any atom is 0.410 e. The molecule has 0 atom stereocenters. The zero-order valence-electron chi connectivity index (χ0n) is 28.0. The zero-order chi connectivity index (χ0) is 35.2. The number of hydrogen-bond acceptors (Lipinski definition) is 8. The van der Waals surface area contributed by atoms with Gasteiger partial charge in [0.1, 0.15) is 17.9 Å². The number of hydrogen-bond donors (Lipinski definition) is 2. The SMILES string of the molecule is CCN(CC)CCN(CCN(CCc1ccc(O)c2[nH]c(=O)sc12)C(=O)OCc1ccccc1)C(=O)CCOCCc1c(Cl)cccc1Cl. The van der Waals surface area contributed by atoms with Gasteiger partial charge in [-0.1, -0.05) is 90.9 Å². The Hall–Kier alpha value is -3.61. The van der Waals surface area contributed by atoms with Crippen molar-refractivity contribution in [1.82, 2.24) is 19.7 Å². The molecule has 0 aliphatic rings. The van der Waals surface area contributed by atoms with Gasteiger partial charge in [0, 0.05) is 42.8 Å². The topological polar surface area (TPSA) is 115 Å². The van der Waals surface area contributed by atoms with Crippen molar-refractivity contribution in [3.8, 4) is 5.75 Å². The van der Waals surface area contributed by atoms with Crippen LogP contribution in [0.2, 0.25) is 10.0 Å². The molecule has 0 radical (unpaired) electrons. The van der Waals surface area contributed by atoms with E-state index in [1.807, 2.05) is 30.3 Å². The fourth-order valence-electron chi connectivity index (χ4n) is 5.40. The van der Waals surface area contributed by atoms with E-state index in [1.54, 1.807) is 34.1 Å². The second-order valence-electron chi connectivity index (χ2n) is 11.5. The predicted octanol–water partition coefficient (Wildman–Crippen LogP) is 6.60. The Labute approximate surface area is 301 Å². The summed E-state index contributed by atoms with van der Waals surface area (Å²) in [7, 11) is 0. The first-order valence-corrected chi connectivity index (χ1v) is 18.1. The smallest absolute Gasteiger partial charge is 0.410 e. The molecule has 13 heteroatoms. The van der Waals surface area contributed by atoms with Gasteiger partial charge in [0.15, 0.2) is 0 Å². The lowest BCUT2D eigenvalue weighted by molar-refractivity contribution is -0.132. The summed E-state index contributed by atoms with van der Waals surface area (Å²) >= 11 is 13.6. The standard InChI is InChI=1S/C36H44Cl2N4O6S/c1-3-40(4-2)19-20-41(32(44)17-24-47-23-16-28-29(37)11-8-12-30(28)38)21-22-42(36(46)48-25-26-9-6-5-7-10-26)18-15-27-13-14-31(43)33-34(27)49-35(45)39-33/h5-14,43H,3-4,15-25H2,1-2H3,(H,39,45). The molecular formula is C36H44Cl2N4O6S. The highest BCUT2D eigenvalue weighted by molar-refractivity contribution is 7.16. The van der Waals surface area contributed by atoms with Crippen molar-refractivity contribution in [2.24, 2.45) is 0 Å². The van der Waals surface area contributed by atoms with Crippen LogP contribution in [0.1, 0.15) is 37.0 Å². The fraction of sp³-hybridized carbons (Fsp3) is 0.417. The van der Waals surface area contributed by atoms with Gasteiger partial charge < -0.3 is 34.3 Å². The summed E-state index contributed by atoms with van der Waals surface area (Å²) in [6, 6.07) is 18.1. The van der Waals surface area contributed by atoms with Crippen LogP contribution in [0.5, 0.6) is 5.75 Å². The fourth-order valence-corrected chi connectivity index (χ4v) is 6.88. The number of likely N-dealkylation sites (N-methyl/N-ethyl adjacent to an activating group) is 1. The summed E-state index contributed by atoms with van der Waals surface area (Å²) in [5, 5.41) is 11.4. The molecule has 1 heterocycles. The molecule has 0 saturated heterocycles. The number of carbonyl (C=O) groups is 2. The molecular weight excluding hydrogens is 687 g/mol. The second-order valence-corrected chi connectivity index (χ2v) is 13.3. The van der Waals surface area contributed by atoms with Crippen LogP contribution in [0.25, 0.3) is 10.2 Å². The second kappa shape index (κ2) is 19.5. The first kappa shape index (κ1) is 38.2. The van der Waals surface area contributed by atoms with Crippen LogP contribution in [0, 0.1) is 0 Å². The van der Waals surface area contributed by atoms with Gasteiger partial charge in [-0.3, -0.25) is 9.59 Å². The molecule has 2 amide bonds. The largest absolute Gasteiger partial charge is 0.506 e. The molecule has 0 aliphatic carbocycles. The van der Waals surface area contributed by atoms with E-state index in [2.05, 4.69) is 23.7 Å². The number of phenols is 1. The lowest BCUT2D eigenvalue weighted by atomic mass is 10.1. The van der Waals surface area contributed by atoms with Crippen LogP contribution in [-0.2, 0) is 33.7 Å². The molecule has 1 aromatic heterocycles. The first-order chi connectivity index (χ1) is 23.7. The molecule has 0 aliphatic heterocycles. The summed E-state index contributed by atoms with van der Waals surface area (Å²) < 4.78 is 12.2. The average molecular weight is 732 g/mol. The summed E-state index contributed by atoms with van der Waals surface area (Å²) in [6.45, 7) is 8.63. The van der Waals surface area contributed by atoms with Gasteiger partial charge in [0.25, 0.3) is 0 Å². The number of aromatic hydroxyl groups is 1. The summed E-state index contributed by atoms with van der Waals surface area (Å²) in [5.74, 6) is -0.0758. The van der Waals surface area contributed by atoms with Crippen LogP contribution in [0.3, 0.4) is 0 Å². The number of halogens is 2. The van der Waals surface area contributed by atoms with Crippen molar-refractivity contribution in [3.05, 3.63) is 97.1 Å². The van der Waals surface area contributed by atoms with E-state index in [0.717, 1.165) is 41.1 Å². The van der Waals surface area contributed by atoms with E-state index in [4.69, 9.17) is 32.7 Å². The Balaban J connectivity index is 1.42. The number of aromatic nitrogens is 1. The lowest BCUT2D eigenvalue weighted by Crippen LogP contribution is -2.45. The number of nitrogens with one attached hydrogen (secondary N) is 1. The van der Waals surface area contributed by atoms with Crippen LogP contribution < -0.4 is 4.87 Å². The van der Waals surface area contributed by atoms with Crippen LogP contribution in [0.4, 0.5) is 4.79 Å². The normalized spacial score (nSPS) is 11.3. The number of phenolic OH excluding ortho intramolecular Hbond substituents is 1. The molecule has 264 valence electrons.